The van der Waals surface area contributed by atoms with Gasteiger partial charge in [0.2, 0.25) is 0 Å². The van der Waals surface area contributed by atoms with Gasteiger partial charge in [-0.15, -0.1) is 0 Å². The van der Waals surface area contributed by atoms with Crippen LogP contribution in [0, 0.1) is 0 Å². The molecule has 0 aliphatic heterocycles. The zero-order valence-corrected chi connectivity index (χ0v) is 10.1. The molecule has 0 radical (unpaired) electrons. The lowest BCUT2D eigenvalue weighted by molar-refractivity contribution is 0.174. The Morgan fingerprint density at radius 3 is 2.94 bits per heavy atom. The Morgan fingerprint density at radius 2 is 2.17 bits per heavy atom. The normalized spacial score (nSPS) is 13.0. The maximum absolute atomic E-state index is 10.3. The molecule has 0 amide bonds. The molecule has 1 unspecified atom stereocenters. The molecule has 1 atom stereocenters. The van der Waals surface area contributed by atoms with E-state index in [0.717, 1.165) is 16.5 Å². The predicted octanol–water partition coefficient (Wildman–Crippen LogP) is 2.44. The second kappa shape index (κ2) is 4.31. The highest BCUT2D eigenvalue weighted by molar-refractivity contribution is 5.82. The van der Waals surface area contributed by atoms with Gasteiger partial charge in [-0.2, -0.15) is 5.10 Å². The first-order valence-electron chi connectivity index (χ1n) is 5.86. The minimum Gasteiger partial charge on any atom is -0.472 e. The molecule has 2 aromatic heterocycles. The van der Waals surface area contributed by atoms with Crippen LogP contribution in [-0.4, -0.2) is 14.9 Å². The maximum Gasteiger partial charge on any atom is 0.103 e. The smallest absolute Gasteiger partial charge is 0.103 e. The van der Waals surface area contributed by atoms with Crippen molar-refractivity contribution in [2.45, 2.75) is 12.5 Å². The molecule has 0 saturated heterocycles. The molecule has 3 aromatic rings. The first-order valence-corrected chi connectivity index (χ1v) is 5.86. The Bertz CT molecular complexity index is 656. The number of aryl methyl sites for hydroxylation is 1. The largest absolute Gasteiger partial charge is 0.472 e. The van der Waals surface area contributed by atoms with Gasteiger partial charge in [0.15, 0.2) is 0 Å². The molecule has 0 bridgehead atoms. The first kappa shape index (κ1) is 11.0. The molecule has 3 rings (SSSR count). The molecule has 2 heterocycles. The maximum atomic E-state index is 10.3. The molecular weight excluding hydrogens is 228 g/mol. The summed E-state index contributed by atoms with van der Waals surface area (Å²) in [5.41, 5.74) is 2.71. The molecule has 0 saturated carbocycles. The van der Waals surface area contributed by atoms with Gasteiger partial charge in [-0.25, -0.2) is 0 Å². The van der Waals surface area contributed by atoms with E-state index in [0.29, 0.717) is 12.1 Å². The van der Waals surface area contributed by atoms with Crippen LogP contribution in [0.2, 0.25) is 0 Å². The van der Waals surface area contributed by atoms with Crippen LogP contribution < -0.4 is 0 Å². The molecule has 0 aliphatic carbocycles. The number of aliphatic hydroxyl groups excluding tert-OH is 1. The van der Waals surface area contributed by atoms with Crippen molar-refractivity contribution < 1.29 is 9.52 Å². The zero-order chi connectivity index (χ0) is 12.5. The standard InChI is InChI=1S/C14H14N2O2/c1-16-12-5-3-2-4-11(12)14(15-16)13(17)8-10-6-7-18-9-10/h2-7,9,13,17H,8H2,1H3. The van der Waals surface area contributed by atoms with Gasteiger partial charge in [-0.1, -0.05) is 18.2 Å². The number of fused-ring (bicyclic) bond motifs is 1. The fourth-order valence-electron chi connectivity index (χ4n) is 2.22. The molecule has 4 heteroatoms. The van der Waals surface area contributed by atoms with Crippen molar-refractivity contribution in [3.63, 3.8) is 0 Å². The summed E-state index contributed by atoms with van der Waals surface area (Å²) in [5.74, 6) is 0. The van der Waals surface area contributed by atoms with Crippen molar-refractivity contribution in [1.29, 1.82) is 0 Å². The fraction of sp³-hybridized carbons (Fsp3) is 0.214. The molecular formula is C14H14N2O2. The average molecular weight is 242 g/mol. The van der Waals surface area contributed by atoms with Crippen LogP contribution in [0.3, 0.4) is 0 Å². The van der Waals surface area contributed by atoms with Crippen LogP contribution in [0.5, 0.6) is 0 Å². The molecule has 0 spiro atoms. The van der Waals surface area contributed by atoms with Crippen LogP contribution in [0.25, 0.3) is 10.9 Å². The Labute approximate surface area is 104 Å². The van der Waals surface area contributed by atoms with Crippen molar-refractivity contribution in [1.82, 2.24) is 9.78 Å². The summed E-state index contributed by atoms with van der Waals surface area (Å²) in [4.78, 5) is 0. The number of para-hydroxylation sites is 1. The molecule has 0 aliphatic rings. The molecule has 92 valence electrons. The van der Waals surface area contributed by atoms with Gasteiger partial charge in [0.05, 0.1) is 23.7 Å². The van der Waals surface area contributed by atoms with Gasteiger partial charge in [-0.05, 0) is 17.7 Å². The number of hydrogen-bond donors (Lipinski definition) is 1. The van der Waals surface area contributed by atoms with E-state index in [1.807, 2.05) is 37.4 Å². The average Bonchev–Trinajstić information content (AvgIpc) is 2.98. The second-order valence-corrected chi connectivity index (χ2v) is 4.38. The van der Waals surface area contributed by atoms with Crippen LogP contribution in [0.4, 0.5) is 0 Å². The van der Waals surface area contributed by atoms with Crippen molar-refractivity contribution in [2.75, 3.05) is 0 Å². The minimum absolute atomic E-state index is 0.511. The monoisotopic (exact) mass is 242 g/mol. The SMILES string of the molecule is Cn1nc(C(O)Cc2ccoc2)c2ccccc21. The summed E-state index contributed by atoms with van der Waals surface area (Å²) < 4.78 is 6.80. The van der Waals surface area contributed by atoms with Crippen LogP contribution >= 0.6 is 0 Å². The van der Waals surface area contributed by atoms with E-state index >= 15 is 0 Å². The van der Waals surface area contributed by atoms with E-state index in [4.69, 9.17) is 4.42 Å². The summed E-state index contributed by atoms with van der Waals surface area (Å²) in [6.07, 6.45) is 3.15. The molecule has 1 N–H and O–H groups in total. The Hall–Kier alpha value is -2.07. The summed E-state index contributed by atoms with van der Waals surface area (Å²) >= 11 is 0. The fourth-order valence-corrected chi connectivity index (χ4v) is 2.22. The lowest BCUT2D eigenvalue weighted by atomic mass is 10.1. The van der Waals surface area contributed by atoms with E-state index in [-0.39, 0.29) is 0 Å². The van der Waals surface area contributed by atoms with Crippen molar-refractivity contribution >= 4 is 10.9 Å². The molecule has 0 fully saturated rings. The number of benzene rings is 1. The van der Waals surface area contributed by atoms with Crippen LogP contribution in [-0.2, 0) is 13.5 Å². The topological polar surface area (TPSA) is 51.2 Å². The summed E-state index contributed by atoms with van der Waals surface area (Å²) in [6, 6.07) is 9.76. The van der Waals surface area contributed by atoms with Gasteiger partial charge >= 0.3 is 0 Å². The number of furan rings is 1. The first-order chi connectivity index (χ1) is 8.75. The minimum atomic E-state index is -0.617. The lowest BCUT2D eigenvalue weighted by Gasteiger charge is -2.06. The van der Waals surface area contributed by atoms with Gasteiger partial charge < -0.3 is 9.52 Å². The number of nitrogens with zero attached hydrogens (tertiary/aromatic N) is 2. The quantitative estimate of drug-likeness (QED) is 0.767. The van der Waals surface area contributed by atoms with E-state index in [1.165, 1.54) is 0 Å². The van der Waals surface area contributed by atoms with E-state index in [2.05, 4.69) is 5.10 Å². The molecule has 4 nitrogen and oxygen atoms in total. The summed E-state index contributed by atoms with van der Waals surface area (Å²) in [6.45, 7) is 0. The number of aliphatic hydroxyl groups is 1. The number of rotatable bonds is 3. The van der Waals surface area contributed by atoms with E-state index in [9.17, 15) is 5.11 Å². The van der Waals surface area contributed by atoms with Crippen molar-refractivity contribution in [3.8, 4) is 0 Å². The van der Waals surface area contributed by atoms with Gasteiger partial charge in [-0.3, -0.25) is 4.68 Å². The van der Waals surface area contributed by atoms with Gasteiger partial charge in [0.25, 0.3) is 0 Å². The van der Waals surface area contributed by atoms with Crippen molar-refractivity contribution in [2.24, 2.45) is 7.05 Å². The summed E-state index contributed by atoms with van der Waals surface area (Å²) in [5, 5.41) is 15.7. The molecule has 18 heavy (non-hydrogen) atoms. The lowest BCUT2D eigenvalue weighted by Crippen LogP contribution is -2.03. The summed E-state index contributed by atoms with van der Waals surface area (Å²) in [7, 11) is 1.89. The van der Waals surface area contributed by atoms with Crippen LogP contribution in [0.1, 0.15) is 17.4 Å². The second-order valence-electron chi connectivity index (χ2n) is 4.38. The van der Waals surface area contributed by atoms with Gasteiger partial charge in [0, 0.05) is 18.9 Å². The Morgan fingerprint density at radius 1 is 1.33 bits per heavy atom. The third-order valence-electron chi connectivity index (χ3n) is 3.11. The Kier molecular flexibility index (Phi) is 2.64. The van der Waals surface area contributed by atoms with Crippen LogP contribution in [0.15, 0.2) is 47.3 Å². The Balaban J connectivity index is 1.98. The third-order valence-corrected chi connectivity index (χ3v) is 3.11. The predicted molar refractivity (Wildman–Crippen MR) is 68.1 cm³/mol. The highest BCUT2D eigenvalue weighted by atomic mass is 16.3. The highest BCUT2D eigenvalue weighted by Gasteiger charge is 2.17. The van der Waals surface area contributed by atoms with Gasteiger partial charge in [0.1, 0.15) is 6.10 Å². The molecule has 1 aromatic carbocycles. The number of aromatic nitrogens is 2. The zero-order valence-electron chi connectivity index (χ0n) is 10.1. The van der Waals surface area contributed by atoms with E-state index in [1.54, 1.807) is 17.2 Å². The van der Waals surface area contributed by atoms with E-state index < -0.39 is 6.10 Å². The number of hydrogen-bond acceptors (Lipinski definition) is 3. The highest BCUT2D eigenvalue weighted by Crippen LogP contribution is 2.25. The third kappa shape index (κ3) is 1.80. The van der Waals surface area contributed by atoms with Crippen molar-refractivity contribution in [3.05, 3.63) is 54.1 Å².